The zero-order valence-corrected chi connectivity index (χ0v) is 23.2. The molecule has 1 N–H and O–H groups in total. The number of hydrogen-bond donors (Lipinski definition) is 1. The molecule has 0 saturated carbocycles. The van der Waals surface area contributed by atoms with Crippen molar-refractivity contribution in [3.05, 3.63) is 68.7 Å². The lowest BCUT2D eigenvalue weighted by molar-refractivity contribution is -0.113. The number of thiazole rings is 1. The molecule has 0 bridgehead atoms. The number of nitrogens with one attached hydrogen (secondary N) is 1. The molecular weight excluding hydrogens is 602 g/mol. The standard InChI is InChI=1S/C23H21Br2N5O2S2/c1-3-30-21(14(2)32-18-10-8-17(25)9-11-18)28-29-23(30)34-13-20(31)27-22-26-19(12-33-22)15-4-6-16(24)7-5-15/h4-12,14H,3,13H2,1-2H3,(H,26,27,31). The van der Waals surface area contributed by atoms with Crippen LogP contribution in [0.4, 0.5) is 5.13 Å². The van der Waals surface area contributed by atoms with Gasteiger partial charge >= 0.3 is 0 Å². The van der Waals surface area contributed by atoms with Crippen LogP contribution < -0.4 is 10.1 Å². The summed E-state index contributed by atoms with van der Waals surface area (Å²) in [6, 6.07) is 15.5. The van der Waals surface area contributed by atoms with E-state index in [9.17, 15) is 4.79 Å². The Labute approximate surface area is 222 Å². The van der Waals surface area contributed by atoms with Crippen LogP contribution in [-0.2, 0) is 11.3 Å². The number of benzene rings is 2. The highest BCUT2D eigenvalue weighted by atomic mass is 79.9. The highest BCUT2D eigenvalue weighted by Crippen LogP contribution is 2.28. The van der Waals surface area contributed by atoms with Gasteiger partial charge in [-0.15, -0.1) is 21.5 Å². The van der Waals surface area contributed by atoms with Crippen LogP contribution in [0.5, 0.6) is 5.75 Å². The smallest absolute Gasteiger partial charge is 0.236 e. The van der Waals surface area contributed by atoms with Crippen molar-refractivity contribution in [2.24, 2.45) is 0 Å². The maximum absolute atomic E-state index is 12.5. The summed E-state index contributed by atoms with van der Waals surface area (Å²) in [5, 5.41) is 14.6. The molecule has 0 aliphatic carbocycles. The average molecular weight is 623 g/mol. The fourth-order valence-electron chi connectivity index (χ4n) is 3.14. The van der Waals surface area contributed by atoms with E-state index in [0.29, 0.717) is 22.7 Å². The Morgan fingerprint density at radius 2 is 1.79 bits per heavy atom. The maximum Gasteiger partial charge on any atom is 0.236 e. The van der Waals surface area contributed by atoms with E-state index in [4.69, 9.17) is 4.74 Å². The number of aromatic nitrogens is 4. The Balaban J connectivity index is 1.35. The average Bonchev–Trinajstić information content (AvgIpc) is 3.46. The van der Waals surface area contributed by atoms with Crippen LogP contribution in [-0.4, -0.2) is 31.4 Å². The van der Waals surface area contributed by atoms with Crippen LogP contribution >= 0.6 is 55.0 Å². The first-order valence-electron chi connectivity index (χ1n) is 10.4. The summed E-state index contributed by atoms with van der Waals surface area (Å²) in [4.78, 5) is 17.0. The molecular formula is C23H21Br2N5O2S2. The van der Waals surface area contributed by atoms with Gasteiger partial charge in [0, 0.05) is 26.4 Å². The Morgan fingerprint density at radius 1 is 1.12 bits per heavy atom. The van der Waals surface area contributed by atoms with Crippen LogP contribution in [0.1, 0.15) is 25.8 Å². The number of carbonyl (C=O) groups is 1. The van der Waals surface area contributed by atoms with Gasteiger partial charge in [0.05, 0.1) is 11.4 Å². The lowest BCUT2D eigenvalue weighted by atomic mass is 10.2. The minimum Gasteiger partial charge on any atom is -0.483 e. The Bertz CT molecular complexity index is 1260. The first-order valence-corrected chi connectivity index (χ1v) is 13.9. The van der Waals surface area contributed by atoms with E-state index in [1.807, 2.05) is 72.3 Å². The minimum absolute atomic E-state index is 0.145. The normalized spacial score (nSPS) is 11.9. The number of anilines is 1. The summed E-state index contributed by atoms with van der Waals surface area (Å²) in [5.41, 5.74) is 1.83. The van der Waals surface area contributed by atoms with Gasteiger partial charge in [-0.25, -0.2) is 4.98 Å². The van der Waals surface area contributed by atoms with Gasteiger partial charge in [-0.3, -0.25) is 4.79 Å². The van der Waals surface area contributed by atoms with E-state index in [1.165, 1.54) is 23.1 Å². The van der Waals surface area contributed by atoms with Crippen molar-refractivity contribution in [2.45, 2.75) is 31.7 Å². The molecule has 0 spiro atoms. The summed E-state index contributed by atoms with van der Waals surface area (Å²) >= 11 is 9.59. The molecule has 176 valence electrons. The molecule has 34 heavy (non-hydrogen) atoms. The number of thioether (sulfide) groups is 1. The number of ether oxygens (including phenoxy) is 1. The first kappa shape index (κ1) is 24.9. The van der Waals surface area contributed by atoms with Crippen molar-refractivity contribution in [1.82, 2.24) is 19.7 Å². The van der Waals surface area contributed by atoms with Crippen molar-refractivity contribution in [2.75, 3.05) is 11.1 Å². The quantitative estimate of drug-likeness (QED) is 0.206. The molecule has 2 aromatic carbocycles. The molecule has 0 saturated heterocycles. The topological polar surface area (TPSA) is 81.9 Å². The van der Waals surface area contributed by atoms with E-state index in [0.717, 1.165) is 26.0 Å². The van der Waals surface area contributed by atoms with E-state index >= 15 is 0 Å². The lowest BCUT2D eigenvalue weighted by Gasteiger charge is -2.15. The third-order valence-electron chi connectivity index (χ3n) is 4.77. The number of amides is 1. The Kier molecular flexibility index (Phi) is 8.41. The van der Waals surface area contributed by atoms with Crippen molar-refractivity contribution < 1.29 is 9.53 Å². The molecule has 1 unspecified atom stereocenters. The SMILES string of the molecule is CCn1c(SCC(=O)Nc2nc(-c3ccc(Br)cc3)cs2)nnc1C(C)Oc1ccc(Br)cc1. The van der Waals surface area contributed by atoms with Crippen molar-refractivity contribution in [3.63, 3.8) is 0 Å². The van der Waals surface area contributed by atoms with Gasteiger partial charge in [0.1, 0.15) is 5.75 Å². The van der Waals surface area contributed by atoms with Crippen LogP contribution in [0.15, 0.2) is 68.0 Å². The molecule has 0 radical (unpaired) electrons. The van der Waals surface area contributed by atoms with Gasteiger partial charge in [0.15, 0.2) is 22.2 Å². The van der Waals surface area contributed by atoms with Gasteiger partial charge in [-0.1, -0.05) is 55.8 Å². The van der Waals surface area contributed by atoms with Gasteiger partial charge in [-0.2, -0.15) is 0 Å². The molecule has 7 nitrogen and oxygen atoms in total. The highest BCUT2D eigenvalue weighted by molar-refractivity contribution is 9.10. The molecule has 0 aliphatic heterocycles. The van der Waals surface area contributed by atoms with Crippen molar-refractivity contribution >= 4 is 66.0 Å². The number of rotatable bonds is 9. The zero-order chi connectivity index (χ0) is 24.1. The van der Waals surface area contributed by atoms with E-state index in [-0.39, 0.29) is 17.8 Å². The summed E-state index contributed by atoms with van der Waals surface area (Å²) in [5.74, 6) is 1.52. The van der Waals surface area contributed by atoms with Gasteiger partial charge < -0.3 is 14.6 Å². The van der Waals surface area contributed by atoms with Gasteiger partial charge in [0.2, 0.25) is 5.91 Å². The largest absolute Gasteiger partial charge is 0.483 e. The Hall–Kier alpha value is -2.21. The number of hydrogen-bond acceptors (Lipinski definition) is 7. The summed E-state index contributed by atoms with van der Waals surface area (Å²) in [6.45, 7) is 4.62. The lowest BCUT2D eigenvalue weighted by Crippen LogP contribution is -2.15. The fraction of sp³-hybridized carbons (Fsp3) is 0.217. The van der Waals surface area contributed by atoms with Crippen molar-refractivity contribution in [1.29, 1.82) is 0 Å². The van der Waals surface area contributed by atoms with Gasteiger partial charge in [0.25, 0.3) is 0 Å². The maximum atomic E-state index is 12.5. The summed E-state index contributed by atoms with van der Waals surface area (Å²) in [6.07, 6.45) is -0.288. The van der Waals surface area contributed by atoms with Crippen LogP contribution in [0.3, 0.4) is 0 Å². The monoisotopic (exact) mass is 621 g/mol. The molecule has 4 aromatic rings. The van der Waals surface area contributed by atoms with Gasteiger partial charge in [-0.05, 0) is 50.2 Å². The molecule has 0 aliphatic rings. The molecule has 1 amide bonds. The highest BCUT2D eigenvalue weighted by Gasteiger charge is 2.20. The zero-order valence-electron chi connectivity index (χ0n) is 18.4. The molecule has 1 atom stereocenters. The van der Waals surface area contributed by atoms with E-state index in [1.54, 1.807) is 0 Å². The second-order valence-electron chi connectivity index (χ2n) is 7.18. The third-order valence-corrected chi connectivity index (χ3v) is 7.56. The molecule has 2 heterocycles. The van der Waals surface area contributed by atoms with Crippen LogP contribution in [0.25, 0.3) is 11.3 Å². The number of carbonyl (C=O) groups excluding carboxylic acids is 1. The van der Waals surface area contributed by atoms with E-state index < -0.39 is 0 Å². The Morgan fingerprint density at radius 3 is 2.47 bits per heavy atom. The number of halogens is 2. The summed E-state index contributed by atoms with van der Waals surface area (Å²) in [7, 11) is 0. The predicted octanol–water partition coefficient (Wildman–Crippen LogP) is 6.82. The molecule has 2 aromatic heterocycles. The first-order chi connectivity index (χ1) is 16.4. The summed E-state index contributed by atoms with van der Waals surface area (Å²) < 4.78 is 9.99. The minimum atomic E-state index is -0.288. The van der Waals surface area contributed by atoms with Crippen LogP contribution in [0.2, 0.25) is 0 Å². The number of nitrogens with zero attached hydrogens (tertiary/aromatic N) is 4. The second-order valence-corrected chi connectivity index (χ2v) is 10.8. The van der Waals surface area contributed by atoms with Crippen LogP contribution in [0, 0.1) is 0 Å². The van der Waals surface area contributed by atoms with Crippen molar-refractivity contribution in [3.8, 4) is 17.0 Å². The molecule has 0 fully saturated rings. The second kappa shape index (κ2) is 11.5. The fourth-order valence-corrected chi connectivity index (χ4v) is 5.22. The third kappa shape index (κ3) is 6.26. The molecule has 4 rings (SSSR count). The predicted molar refractivity (Wildman–Crippen MR) is 143 cm³/mol. The van der Waals surface area contributed by atoms with E-state index in [2.05, 4.69) is 52.4 Å². The molecule has 11 heteroatoms.